The average Bonchev–Trinajstić information content (AvgIpc) is 3.33. The van der Waals surface area contributed by atoms with Crippen LogP contribution in [0.5, 0.6) is 0 Å². The minimum absolute atomic E-state index is 0.0672. The van der Waals surface area contributed by atoms with Gasteiger partial charge in [-0.3, -0.25) is 9.78 Å². The SMILES string of the molecule is O=C(Nc1cccc(C(F)(F)F)c1)c1cccc(Cc2nc(-c3cccnc3)c3[nH]ccc3n2)c1. The molecule has 35 heavy (non-hydrogen) atoms. The first-order valence-corrected chi connectivity index (χ1v) is 10.7. The van der Waals surface area contributed by atoms with Gasteiger partial charge in [0, 0.05) is 41.8 Å². The molecule has 0 aliphatic carbocycles. The minimum Gasteiger partial charge on any atom is -0.358 e. The van der Waals surface area contributed by atoms with E-state index in [-0.39, 0.29) is 5.69 Å². The highest BCUT2D eigenvalue weighted by molar-refractivity contribution is 6.04. The maximum absolute atomic E-state index is 13.0. The summed E-state index contributed by atoms with van der Waals surface area (Å²) in [4.78, 5) is 29.4. The molecule has 1 amide bonds. The third-order valence-electron chi connectivity index (χ3n) is 5.39. The molecule has 174 valence electrons. The van der Waals surface area contributed by atoms with Gasteiger partial charge in [-0.25, -0.2) is 9.97 Å². The number of hydrogen-bond donors (Lipinski definition) is 2. The number of amides is 1. The second kappa shape index (κ2) is 9.02. The van der Waals surface area contributed by atoms with Gasteiger partial charge in [0.05, 0.1) is 22.3 Å². The maximum atomic E-state index is 13.0. The summed E-state index contributed by atoms with van der Waals surface area (Å²) in [5, 5.41) is 2.53. The standard InChI is InChI=1S/C26H18F3N5O/c27-26(28,29)19-7-2-8-20(14-19)32-25(35)17-5-1-4-16(12-17)13-22-33-21-9-11-31-24(21)23(34-22)18-6-3-10-30-15-18/h1-12,14-15,31H,13H2,(H,32,35). The fourth-order valence-electron chi connectivity index (χ4n) is 3.77. The Balaban J connectivity index is 1.40. The summed E-state index contributed by atoms with van der Waals surface area (Å²) >= 11 is 0. The van der Waals surface area contributed by atoms with Gasteiger partial charge in [-0.05, 0) is 54.1 Å². The molecule has 2 N–H and O–H groups in total. The lowest BCUT2D eigenvalue weighted by Gasteiger charge is -2.11. The molecule has 0 aliphatic heterocycles. The number of aromatic amines is 1. The van der Waals surface area contributed by atoms with E-state index in [0.29, 0.717) is 17.8 Å². The van der Waals surface area contributed by atoms with Gasteiger partial charge in [-0.1, -0.05) is 18.2 Å². The molecular weight excluding hydrogens is 455 g/mol. The molecule has 0 unspecified atom stereocenters. The first kappa shape index (κ1) is 22.3. The number of rotatable bonds is 5. The largest absolute Gasteiger partial charge is 0.416 e. The molecule has 2 aromatic carbocycles. The van der Waals surface area contributed by atoms with Crippen molar-refractivity contribution < 1.29 is 18.0 Å². The Hall–Kier alpha value is -4.53. The van der Waals surface area contributed by atoms with Gasteiger partial charge >= 0.3 is 6.18 Å². The lowest BCUT2D eigenvalue weighted by Crippen LogP contribution is -2.13. The molecule has 0 bridgehead atoms. The molecular formula is C26H18F3N5O. The molecule has 6 nitrogen and oxygen atoms in total. The van der Waals surface area contributed by atoms with Crippen LogP contribution in [0.15, 0.2) is 85.3 Å². The lowest BCUT2D eigenvalue weighted by atomic mass is 10.1. The van der Waals surface area contributed by atoms with Crippen LogP contribution in [-0.2, 0) is 12.6 Å². The average molecular weight is 473 g/mol. The molecule has 5 rings (SSSR count). The first-order valence-electron chi connectivity index (χ1n) is 10.7. The Kier molecular flexibility index (Phi) is 5.74. The van der Waals surface area contributed by atoms with E-state index in [1.165, 1.54) is 12.1 Å². The van der Waals surface area contributed by atoms with E-state index < -0.39 is 17.6 Å². The predicted molar refractivity (Wildman–Crippen MR) is 126 cm³/mol. The third kappa shape index (κ3) is 4.89. The van der Waals surface area contributed by atoms with Crippen LogP contribution in [0.4, 0.5) is 18.9 Å². The van der Waals surface area contributed by atoms with Gasteiger partial charge in [0.1, 0.15) is 5.82 Å². The highest BCUT2D eigenvalue weighted by Gasteiger charge is 2.30. The third-order valence-corrected chi connectivity index (χ3v) is 5.39. The van der Waals surface area contributed by atoms with E-state index in [1.807, 2.05) is 24.3 Å². The van der Waals surface area contributed by atoms with Crippen LogP contribution in [0.3, 0.4) is 0 Å². The van der Waals surface area contributed by atoms with E-state index in [2.05, 4.69) is 20.3 Å². The number of carbonyl (C=O) groups is 1. The minimum atomic E-state index is -4.49. The first-order chi connectivity index (χ1) is 16.9. The van der Waals surface area contributed by atoms with Crippen molar-refractivity contribution in [1.82, 2.24) is 19.9 Å². The van der Waals surface area contributed by atoms with Crippen LogP contribution in [0.1, 0.15) is 27.3 Å². The van der Waals surface area contributed by atoms with Crippen LogP contribution in [0, 0.1) is 0 Å². The summed E-state index contributed by atoms with van der Waals surface area (Å²) in [6.07, 6.45) is 1.08. The Morgan fingerprint density at radius 3 is 2.63 bits per heavy atom. The smallest absolute Gasteiger partial charge is 0.358 e. The van der Waals surface area contributed by atoms with Gasteiger partial charge in [-0.2, -0.15) is 13.2 Å². The number of hydrogen-bond acceptors (Lipinski definition) is 4. The van der Waals surface area contributed by atoms with Gasteiger partial charge in [0.25, 0.3) is 5.91 Å². The number of carbonyl (C=O) groups excluding carboxylic acids is 1. The number of nitrogens with zero attached hydrogens (tertiary/aromatic N) is 3. The summed E-state index contributed by atoms with van der Waals surface area (Å²) in [6.45, 7) is 0. The number of pyridine rings is 1. The van der Waals surface area contributed by atoms with Gasteiger partial charge in [0.2, 0.25) is 0 Å². The van der Waals surface area contributed by atoms with Crippen LogP contribution >= 0.6 is 0 Å². The topological polar surface area (TPSA) is 83.6 Å². The zero-order chi connectivity index (χ0) is 24.4. The van der Waals surface area contributed by atoms with E-state index in [1.54, 1.807) is 36.8 Å². The fourth-order valence-corrected chi connectivity index (χ4v) is 3.77. The van der Waals surface area contributed by atoms with Crippen molar-refractivity contribution in [2.24, 2.45) is 0 Å². The number of H-pyrrole nitrogens is 1. The van der Waals surface area contributed by atoms with E-state index in [4.69, 9.17) is 4.98 Å². The molecule has 0 radical (unpaired) electrons. The second-order valence-corrected chi connectivity index (χ2v) is 7.88. The van der Waals surface area contributed by atoms with Gasteiger partial charge in [0.15, 0.2) is 0 Å². The van der Waals surface area contributed by atoms with Crippen molar-refractivity contribution in [3.63, 3.8) is 0 Å². The predicted octanol–water partition coefficient (Wildman–Crippen LogP) is 5.88. The molecule has 0 aliphatic rings. The van der Waals surface area contributed by atoms with Crippen molar-refractivity contribution in [3.05, 3.63) is 108 Å². The number of alkyl halides is 3. The summed E-state index contributed by atoms with van der Waals surface area (Å²) in [7, 11) is 0. The van der Waals surface area contributed by atoms with Gasteiger partial charge < -0.3 is 10.3 Å². The Morgan fingerprint density at radius 2 is 1.83 bits per heavy atom. The van der Waals surface area contributed by atoms with Crippen LogP contribution < -0.4 is 5.32 Å². The molecule has 0 saturated carbocycles. The van der Waals surface area contributed by atoms with E-state index in [9.17, 15) is 18.0 Å². The quantitative estimate of drug-likeness (QED) is 0.334. The molecule has 0 fully saturated rings. The zero-order valence-corrected chi connectivity index (χ0v) is 18.2. The Labute approximate surface area is 197 Å². The Bertz CT molecular complexity index is 1510. The number of aromatic nitrogens is 4. The molecule has 0 saturated heterocycles. The monoisotopic (exact) mass is 473 g/mol. The number of anilines is 1. The molecule has 0 spiro atoms. The molecule has 3 aromatic heterocycles. The van der Waals surface area contributed by atoms with Crippen molar-refractivity contribution in [3.8, 4) is 11.3 Å². The molecule has 3 heterocycles. The van der Waals surface area contributed by atoms with Crippen LogP contribution in [0.2, 0.25) is 0 Å². The second-order valence-electron chi connectivity index (χ2n) is 7.88. The van der Waals surface area contributed by atoms with Crippen molar-refractivity contribution in [2.75, 3.05) is 5.32 Å². The molecule has 5 aromatic rings. The fraction of sp³-hybridized carbons (Fsp3) is 0.0769. The van der Waals surface area contributed by atoms with Crippen molar-refractivity contribution >= 4 is 22.6 Å². The summed E-state index contributed by atoms with van der Waals surface area (Å²) in [5.41, 5.74) is 3.47. The number of benzene rings is 2. The number of halogens is 3. The maximum Gasteiger partial charge on any atom is 0.416 e. The summed E-state index contributed by atoms with van der Waals surface area (Å²) in [5.74, 6) is 0.0515. The summed E-state index contributed by atoms with van der Waals surface area (Å²) < 4.78 is 38.9. The van der Waals surface area contributed by atoms with Crippen molar-refractivity contribution in [1.29, 1.82) is 0 Å². The van der Waals surface area contributed by atoms with Crippen LogP contribution in [0.25, 0.3) is 22.3 Å². The molecule has 9 heteroatoms. The van der Waals surface area contributed by atoms with Gasteiger partial charge in [-0.15, -0.1) is 0 Å². The lowest BCUT2D eigenvalue weighted by molar-refractivity contribution is -0.137. The zero-order valence-electron chi connectivity index (χ0n) is 18.2. The highest BCUT2D eigenvalue weighted by Crippen LogP contribution is 2.31. The van der Waals surface area contributed by atoms with Crippen molar-refractivity contribution in [2.45, 2.75) is 12.6 Å². The number of nitrogens with one attached hydrogen (secondary N) is 2. The highest BCUT2D eigenvalue weighted by atomic mass is 19.4. The van der Waals surface area contributed by atoms with E-state index >= 15 is 0 Å². The summed E-state index contributed by atoms with van der Waals surface area (Å²) in [6, 6.07) is 17.0. The van der Waals surface area contributed by atoms with E-state index in [0.717, 1.165) is 40.0 Å². The molecule has 0 atom stereocenters. The Morgan fingerprint density at radius 1 is 0.971 bits per heavy atom. The van der Waals surface area contributed by atoms with Crippen LogP contribution in [-0.4, -0.2) is 25.8 Å². The normalized spacial score (nSPS) is 11.5. The number of fused-ring (bicyclic) bond motifs is 1.